The van der Waals surface area contributed by atoms with Crippen LogP contribution in [0.25, 0.3) is 0 Å². The minimum atomic E-state index is 0.255. The van der Waals surface area contributed by atoms with Crippen molar-refractivity contribution >= 4 is 5.78 Å². The Kier molecular flexibility index (Phi) is 2.00. The van der Waals surface area contributed by atoms with Gasteiger partial charge in [-0.3, -0.25) is 9.48 Å². The van der Waals surface area contributed by atoms with Crippen molar-refractivity contribution in [3.05, 3.63) is 29.6 Å². The van der Waals surface area contributed by atoms with Gasteiger partial charge in [-0.1, -0.05) is 5.57 Å². The number of aromatic nitrogens is 2. The Labute approximate surface area is 77.1 Å². The summed E-state index contributed by atoms with van der Waals surface area (Å²) in [7, 11) is 1.90. The third kappa shape index (κ3) is 1.86. The van der Waals surface area contributed by atoms with Crippen LogP contribution in [-0.2, 0) is 18.3 Å². The number of aryl methyl sites for hydroxylation is 1. The molecule has 0 unspecified atom stereocenters. The maximum atomic E-state index is 10.9. The van der Waals surface area contributed by atoms with Gasteiger partial charge in [0.25, 0.3) is 0 Å². The van der Waals surface area contributed by atoms with E-state index in [1.54, 1.807) is 10.8 Å². The largest absolute Gasteiger partial charge is 0.295 e. The van der Waals surface area contributed by atoms with E-state index in [0.717, 1.165) is 18.5 Å². The van der Waals surface area contributed by atoms with Gasteiger partial charge >= 0.3 is 0 Å². The molecule has 1 aromatic heterocycles. The lowest BCUT2D eigenvalue weighted by atomic mass is 10.1. The first-order valence-corrected chi connectivity index (χ1v) is 4.45. The second-order valence-electron chi connectivity index (χ2n) is 3.43. The molecule has 0 radical (unpaired) electrons. The van der Waals surface area contributed by atoms with Crippen molar-refractivity contribution in [2.45, 2.75) is 19.3 Å². The lowest BCUT2D eigenvalue weighted by molar-refractivity contribution is -0.114. The number of allylic oxidation sites excluding steroid dienone is 2. The molecule has 1 aliphatic rings. The highest BCUT2D eigenvalue weighted by Gasteiger charge is 2.12. The van der Waals surface area contributed by atoms with Gasteiger partial charge in [-0.25, -0.2) is 0 Å². The quantitative estimate of drug-likeness (QED) is 0.679. The van der Waals surface area contributed by atoms with Crippen molar-refractivity contribution in [1.82, 2.24) is 9.78 Å². The van der Waals surface area contributed by atoms with Gasteiger partial charge in [0.15, 0.2) is 5.78 Å². The van der Waals surface area contributed by atoms with Crippen molar-refractivity contribution < 1.29 is 4.79 Å². The van der Waals surface area contributed by atoms with E-state index in [9.17, 15) is 4.79 Å². The number of carbonyl (C=O) groups excluding carboxylic acids is 1. The normalized spacial score (nSPS) is 16.4. The van der Waals surface area contributed by atoms with E-state index in [0.29, 0.717) is 6.42 Å². The van der Waals surface area contributed by atoms with Crippen LogP contribution < -0.4 is 0 Å². The van der Waals surface area contributed by atoms with Gasteiger partial charge < -0.3 is 0 Å². The zero-order chi connectivity index (χ0) is 9.26. The molecule has 68 valence electrons. The maximum absolute atomic E-state index is 10.9. The summed E-state index contributed by atoms with van der Waals surface area (Å²) in [6.45, 7) is 0. The van der Waals surface area contributed by atoms with Gasteiger partial charge in [0, 0.05) is 26.1 Å². The third-order valence-corrected chi connectivity index (χ3v) is 2.23. The van der Waals surface area contributed by atoms with E-state index in [1.807, 2.05) is 19.3 Å². The number of hydrogen-bond donors (Lipinski definition) is 0. The Balaban J connectivity index is 2.06. The van der Waals surface area contributed by atoms with Crippen LogP contribution in [0.5, 0.6) is 0 Å². The first-order chi connectivity index (χ1) is 6.24. The van der Waals surface area contributed by atoms with Crippen molar-refractivity contribution in [3.8, 4) is 0 Å². The molecule has 0 aromatic carbocycles. The van der Waals surface area contributed by atoms with Crippen molar-refractivity contribution in [3.63, 3.8) is 0 Å². The van der Waals surface area contributed by atoms with E-state index >= 15 is 0 Å². The zero-order valence-corrected chi connectivity index (χ0v) is 7.66. The first kappa shape index (κ1) is 8.23. The second kappa shape index (κ2) is 3.17. The zero-order valence-electron chi connectivity index (χ0n) is 7.66. The van der Waals surface area contributed by atoms with Crippen LogP contribution in [0.15, 0.2) is 23.9 Å². The lowest BCUT2D eigenvalue weighted by Gasteiger charge is -1.95. The molecule has 13 heavy (non-hydrogen) atoms. The summed E-state index contributed by atoms with van der Waals surface area (Å²) in [5.74, 6) is 0.255. The Hall–Kier alpha value is -1.38. The smallest absolute Gasteiger partial charge is 0.155 e. The molecule has 0 amide bonds. The SMILES string of the molecule is Cn1ccc(CC2=CC(=O)CC2)n1. The minimum absolute atomic E-state index is 0.255. The molecule has 1 heterocycles. The third-order valence-electron chi connectivity index (χ3n) is 2.23. The van der Waals surface area contributed by atoms with Crippen LogP contribution in [0, 0.1) is 0 Å². The van der Waals surface area contributed by atoms with Crippen LogP contribution in [-0.4, -0.2) is 15.6 Å². The van der Waals surface area contributed by atoms with Crippen LogP contribution >= 0.6 is 0 Å². The summed E-state index contributed by atoms with van der Waals surface area (Å²) in [4.78, 5) is 10.9. The highest BCUT2D eigenvalue weighted by atomic mass is 16.1. The summed E-state index contributed by atoms with van der Waals surface area (Å²) in [6.07, 6.45) is 6.10. The molecule has 0 saturated heterocycles. The van der Waals surface area contributed by atoms with Gasteiger partial charge in [-0.2, -0.15) is 5.10 Å². The molecule has 0 saturated carbocycles. The first-order valence-electron chi connectivity index (χ1n) is 4.45. The average molecular weight is 176 g/mol. The molecular formula is C10H12N2O. The van der Waals surface area contributed by atoms with Crippen molar-refractivity contribution in [1.29, 1.82) is 0 Å². The number of hydrogen-bond acceptors (Lipinski definition) is 2. The highest BCUT2D eigenvalue weighted by Crippen LogP contribution is 2.18. The number of ketones is 1. The Morgan fingerprint density at radius 3 is 2.92 bits per heavy atom. The number of nitrogens with zero attached hydrogens (tertiary/aromatic N) is 2. The van der Waals surface area contributed by atoms with Crippen LogP contribution in [0.4, 0.5) is 0 Å². The summed E-state index contributed by atoms with van der Waals surface area (Å²) < 4.78 is 1.78. The Bertz CT molecular complexity index is 363. The van der Waals surface area contributed by atoms with Crippen molar-refractivity contribution in [2.75, 3.05) is 0 Å². The van der Waals surface area contributed by atoms with Gasteiger partial charge in [-0.05, 0) is 18.6 Å². The second-order valence-corrected chi connectivity index (χ2v) is 3.43. The Morgan fingerprint density at radius 2 is 2.38 bits per heavy atom. The molecular weight excluding hydrogens is 164 g/mol. The molecule has 2 rings (SSSR count). The van der Waals surface area contributed by atoms with Crippen LogP contribution in [0.1, 0.15) is 18.5 Å². The molecule has 3 nitrogen and oxygen atoms in total. The predicted molar refractivity (Wildman–Crippen MR) is 49.2 cm³/mol. The summed E-state index contributed by atoms with van der Waals surface area (Å²) >= 11 is 0. The summed E-state index contributed by atoms with van der Waals surface area (Å²) in [6, 6.07) is 1.99. The molecule has 3 heteroatoms. The predicted octanol–water partition coefficient (Wildman–Crippen LogP) is 1.25. The lowest BCUT2D eigenvalue weighted by Crippen LogP contribution is -1.92. The average Bonchev–Trinajstić information content (AvgIpc) is 2.62. The molecule has 0 bridgehead atoms. The van der Waals surface area contributed by atoms with Gasteiger partial charge in [0.1, 0.15) is 0 Å². The standard InChI is InChI=1S/C10H12N2O/c1-12-5-4-9(11-12)6-8-2-3-10(13)7-8/h4-5,7H,2-3,6H2,1H3. The minimum Gasteiger partial charge on any atom is -0.295 e. The molecule has 0 N–H and O–H groups in total. The topological polar surface area (TPSA) is 34.9 Å². The maximum Gasteiger partial charge on any atom is 0.155 e. The molecule has 0 aliphatic heterocycles. The Morgan fingerprint density at radius 1 is 1.54 bits per heavy atom. The van der Waals surface area contributed by atoms with Crippen LogP contribution in [0.2, 0.25) is 0 Å². The van der Waals surface area contributed by atoms with E-state index < -0.39 is 0 Å². The van der Waals surface area contributed by atoms with Crippen LogP contribution in [0.3, 0.4) is 0 Å². The molecule has 1 aromatic rings. The fourth-order valence-corrected chi connectivity index (χ4v) is 1.59. The van der Waals surface area contributed by atoms with E-state index in [4.69, 9.17) is 0 Å². The van der Waals surface area contributed by atoms with Gasteiger partial charge in [0.2, 0.25) is 0 Å². The van der Waals surface area contributed by atoms with E-state index in [2.05, 4.69) is 5.10 Å². The number of carbonyl (C=O) groups is 1. The highest BCUT2D eigenvalue weighted by molar-refractivity contribution is 5.93. The number of rotatable bonds is 2. The molecule has 0 atom stereocenters. The summed E-state index contributed by atoms with van der Waals surface area (Å²) in [5.41, 5.74) is 2.26. The van der Waals surface area contributed by atoms with Crippen molar-refractivity contribution in [2.24, 2.45) is 7.05 Å². The molecule has 1 aliphatic carbocycles. The summed E-state index contributed by atoms with van der Waals surface area (Å²) in [5, 5.41) is 4.26. The van der Waals surface area contributed by atoms with Gasteiger partial charge in [0.05, 0.1) is 5.69 Å². The monoisotopic (exact) mass is 176 g/mol. The molecule has 0 spiro atoms. The van der Waals surface area contributed by atoms with Gasteiger partial charge in [-0.15, -0.1) is 0 Å². The fraction of sp³-hybridized carbons (Fsp3) is 0.400. The fourth-order valence-electron chi connectivity index (χ4n) is 1.59. The van der Waals surface area contributed by atoms with E-state index in [1.165, 1.54) is 5.57 Å². The molecule has 0 fully saturated rings. The van der Waals surface area contributed by atoms with E-state index in [-0.39, 0.29) is 5.78 Å².